The zero-order chi connectivity index (χ0) is 10.7. The Morgan fingerprint density at radius 1 is 1.40 bits per heavy atom. The number of carbonyl (C=O) groups is 1. The van der Waals surface area contributed by atoms with Crippen LogP contribution in [0.3, 0.4) is 0 Å². The first-order chi connectivity index (χ1) is 7.27. The summed E-state index contributed by atoms with van der Waals surface area (Å²) in [7, 11) is 2.08. The van der Waals surface area contributed by atoms with Gasteiger partial charge in [-0.05, 0) is 25.0 Å². The molecular formula is C12H16N2O. The van der Waals surface area contributed by atoms with E-state index in [1.165, 1.54) is 0 Å². The lowest BCUT2D eigenvalue weighted by molar-refractivity contribution is -0.120. The monoisotopic (exact) mass is 204 g/mol. The van der Waals surface area contributed by atoms with Crippen molar-refractivity contribution in [2.75, 3.05) is 11.9 Å². The summed E-state index contributed by atoms with van der Waals surface area (Å²) < 4.78 is 0. The van der Waals surface area contributed by atoms with E-state index < -0.39 is 0 Å². The lowest BCUT2D eigenvalue weighted by Crippen LogP contribution is -2.35. The first-order valence-corrected chi connectivity index (χ1v) is 5.42. The van der Waals surface area contributed by atoms with Crippen LogP contribution in [-0.2, 0) is 4.79 Å². The third-order valence-electron chi connectivity index (χ3n) is 3.11. The number of aromatic nitrogens is 1. The minimum atomic E-state index is 0.408. The number of ketones is 1. The first kappa shape index (κ1) is 10.1. The molecule has 1 fully saturated rings. The predicted molar refractivity (Wildman–Crippen MR) is 59.9 cm³/mol. The number of Topliss-reactive ketones (excluding diaryl/α,β-unsaturated/α-hetero) is 1. The average Bonchev–Trinajstić information content (AvgIpc) is 2.30. The Kier molecular flexibility index (Phi) is 2.99. The summed E-state index contributed by atoms with van der Waals surface area (Å²) in [6, 6.07) is 4.50. The fraction of sp³-hybridized carbons (Fsp3) is 0.500. The van der Waals surface area contributed by atoms with Gasteiger partial charge in [-0.15, -0.1) is 0 Å². The third-order valence-corrected chi connectivity index (χ3v) is 3.11. The molecule has 0 bridgehead atoms. The maximum absolute atomic E-state index is 11.1. The van der Waals surface area contributed by atoms with Crippen LogP contribution < -0.4 is 4.90 Å². The molecule has 0 N–H and O–H groups in total. The van der Waals surface area contributed by atoms with Crippen LogP contribution in [0.25, 0.3) is 0 Å². The Morgan fingerprint density at radius 2 is 2.13 bits per heavy atom. The zero-order valence-electron chi connectivity index (χ0n) is 9.02. The van der Waals surface area contributed by atoms with Gasteiger partial charge in [0, 0.05) is 32.1 Å². The molecular weight excluding hydrogens is 188 g/mol. The molecule has 80 valence electrons. The van der Waals surface area contributed by atoms with Gasteiger partial charge < -0.3 is 4.90 Å². The van der Waals surface area contributed by atoms with Crippen LogP contribution >= 0.6 is 0 Å². The summed E-state index contributed by atoms with van der Waals surface area (Å²) in [5, 5.41) is 0. The van der Waals surface area contributed by atoms with Crippen molar-refractivity contribution >= 4 is 11.5 Å². The van der Waals surface area contributed by atoms with Crippen molar-refractivity contribution in [3.63, 3.8) is 0 Å². The molecule has 0 aliphatic heterocycles. The molecule has 0 unspecified atom stereocenters. The molecule has 3 nitrogen and oxygen atoms in total. The first-order valence-electron chi connectivity index (χ1n) is 5.42. The molecule has 15 heavy (non-hydrogen) atoms. The summed E-state index contributed by atoms with van der Waals surface area (Å²) in [5.41, 5.74) is 1.14. The summed E-state index contributed by atoms with van der Waals surface area (Å²) in [6.07, 6.45) is 7.07. The van der Waals surface area contributed by atoms with Gasteiger partial charge in [0.15, 0.2) is 0 Å². The number of hydrogen-bond acceptors (Lipinski definition) is 3. The Hall–Kier alpha value is -1.38. The summed E-state index contributed by atoms with van der Waals surface area (Å²) in [5.74, 6) is 0.408. The summed E-state index contributed by atoms with van der Waals surface area (Å²) in [6.45, 7) is 0. The molecule has 1 aliphatic carbocycles. The molecule has 0 saturated heterocycles. The zero-order valence-corrected chi connectivity index (χ0v) is 9.02. The molecule has 2 rings (SSSR count). The third kappa shape index (κ3) is 2.35. The fourth-order valence-corrected chi connectivity index (χ4v) is 2.09. The van der Waals surface area contributed by atoms with Crippen molar-refractivity contribution in [2.45, 2.75) is 31.7 Å². The van der Waals surface area contributed by atoms with Gasteiger partial charge >= 0.3 is 0 Å². The highest BCUT2D eigenvalue weighted by Crippen LogP contribution is 2.23. The van der Waals surface area contributed by atoms with Gasteiger partial charge in [0.1, 0.15) is 5.78 Å². The van der Waals surface area contributed by atoms with Crippen LogP contribution in [0.15, 0.2) is 24.5 Å². The van der Waals surface area contributed by atoms with E-state index in [1.807, 2.05) is 12.3 Å². The van der Waals surface area contributed by atoms with Crippen LogP contribution in [-0.4, -0.2) is 23.9 Å². The lowest BCUT2D eigenvalue weighted by Gasteiger charge is -2.32. The SMILES string of the molecule is CN(c1cccnc1)C1CCC(=O)CC1. The van der Waals surface area contributed by atoms with E-state index in [0.29, 0.717) is 11.8 Å². The second kappa shape index (κ2) is 4.43. The highest BCUT2D eigenvalue weighted by Gasteiger charge is 2.22. The van der Waals surface area contributed by atoms with E-state index in [0.717, 1.165) is 31.4 Å². The number of pyridine rings is 1. The molecule has 1 saturated carbocycles. The van der Waals surface area contributed by atoms with Crippen molar-refractivity contribution < 1.29 is 4.79 Å². The second-order valence-corrected chi connectivity index (χ2v) is 4.09. The molecule has 1 aromatic heterocycles. The van der Waals surface area contributed by atoms with Crippen molar-refractivity contribution in [1.29, 1.82) is 0 Å². The van der Waals surface area contributed by atoms with Gasteiger partial charge in [0.05, 0.1) is 11.9 Å². The number of carbonyl (C=O) groups excluding carboxylic acids is 1. The van der Waals surface area contributed by atoms with E-state index in [9.17, 15) is 4.79 Å². The summed E-state index contributed by atoms with van der Waals surface area (Å²) in [4.78, 5) is 17.5. The van der Waals surface area contributed by atoms with Crippen LogP contribution in [0.1, 0.15) is 25.7 Å². The maximum atomic E-state index is 11.1. The van der Waals surface area contributed by atoms with Crippen molar-refractivity contribution in [3.05, 3.63) is 24.5 Å². The van der Waals surface area contributed by atoms with Crippen LogP contribution in [0, 0.1) is 0 Å². The standard InChI is InChI=1S/C12H16N2O/c1-14(11-3-2-8-13-9-11)10-4-6-12(15)7-5-10/h2-3,8-10H,4-7H2,1H3. The van der Waals surface area contributed by atoms with Gasteiger partial charge in [-0.1, -0.05) is 0 Å². The Balaban J connectivity index is 2.02. The van der Waals surface area contributed by atoms with Gasteiger partial charge in [-0.3, -0.25) is 9.78 Å². The van der Waals surface area contributed by atoms with Gasteiger partial charge in [-0.2, -0.15) is 0 Å². The molecule has 0 atom stereocenters. The van der Waals surface area contributed by atoms with E-state index in [-0.39, 0.29) is 0 Å². The Labute approximate surface area is 90.1 Å². The van der Waals surface area contributed by atoms with Crippen molar-refractivity contribution in [3.8, 4) is 0 Å². The summed E-state index contributed by atoms with van der Waals surface area (Å²) >= 11 is 0. The molecule has 0 aromatic carbocycles. The minimum Gasteiger partial charge on any atom is -0.370 e. The van der Waals surface area contributed by atoms with E-state index in [2.05, 4.69) is 23.0 Å². The molecule has 1 aliphatic rings. The molecule has 0 radical (unpaired) electrons. The van der Waals surface area contributed by atoms with Crippen LogP contribution in [0.4, 0.5) is 5.69 Å². The molecule has 1 heterocycles. The highest BCUT2D eigenvalue weighted by molar-refractivity contribution is 5.79. The maximum Gasteiger partial charge on any atom is 0.133 e. The highest BCUT2D eigenvalue weighted by atomic mass is 16.1. The fourth-order valence-electron chi connectivity index (χ4n) is 2.09. The van der Waals surface area contributed by atoms with Gasteiger partial charge in [-0.25, -0.2) is 0 Å². The normalized spacial score (nSPS) is 17.8. The predicted octanol–water partition coefficient (Wildman–Crippen LogP) is 2.03. The van der Waals surface area contributed by atoms with Crippen LogP contribution in [0.5, 0.6) is 0 Å². The van der Waals surface area contributed by atoms with Crippen molar-refractivity contribution in [2.24, 2.45) is 0 Å². The Bertz CT molecular complexity index is 327. The molecule has 3 heteroatoms. The average molecular weight is 204 g/mol. The molecule has 0 spiro atoms. The van der Waals surface area contributed by atoms with Gasteiger partial charge in [0.2, 0.25) is 0 Å². The number of anilines is 1. The quantitative estimate of drug-likeness (QED) is 0.739. The van der Waals surface area contributed by atoms with Crippen LogP contribution in [0.2, 0.25) is 0 Å². The minimum absolute atomic E-state index is 0.408. The van der Waals surface area contributed by atoms with Crippen molar-refractivity contribution in [1.82, 2.24) is 4.98 Å². The molecule has 1 aromatic rings. The van der Waals surface area contributed by atoms with E-state index >= 15 is 0 Å². The second-order valence-electron chi connectivity index (χ2n) is 4.09. The van der Waals surface area contributed by atoms with E-state index in [1.54, 1.807) is 6.20 Å². The number of rotatable bonds is 2. The smallest absolute Gasteiger partial charge is 0.133 e. The Morgan fingerprint density at radius 3 is 2.73 bits per heavy atom. The number of nitrogens with zero attached hydrogens (tertiary/aromatic N) is 2. The van der Waals surface area contributed by atoms with Gasteiger partial charge in [0.25, 0.3) is 0 Å². The topological polar surface area (TPSA) is 33.2 Å². The largest absolute Gasteiger partial charge is 0.370 e. The molecule has 0 amide bonds. The van der Waals surface area contributed by atoms with E-state index in [4.69, 9.17) is 0 Å². The lowest BCUT2D eigenvalue weighted by atomic mass is 9.93. The number of hydrogen-bond donors (Lipinski definition) is 0.